The number of benzene rings is 2. The van der Waals surface area contributed by atoms with Crippen LogP contribution in [0.3, 0.4) is 0 Å². The monoisotopic (exact) mass is 349 g/mol. The SMILES string of the molecule is CC[C@H](NC(=O)c1ccc(COC)cc1)c1ccccc1OC(F)F. The zero-order valence-electron chi connectivity index (χ0n) is 14.2. The van der Waals surface area contributed by atoms with Gasteiger partial charge in [-0.2, -0.15) is 8.78 Å². The Bertz CT molecular complexity index is 689. The van der Waals surface area contributed by atoms with Gasteiger partial charge in [0.25, 0.3) is 5.91 Å². The minimum atomic E-state index is -2.91. The Labute approximate surface area is 145 Å². The second-order valence-corrected chi connectivity index (χ2v) is 5.48. The zero-order chi connectivity index (χ0) is 18.2. The Morgan fingerprint density at radius 1 is 1.12 bits per heavy atom. The first-order chi connectivity index (χ1) is 12.0. The summed E-state index contributed by atoms with van der Waals surface area (Å²) in [7, 11) is 1.60. The molecule has 1 N–H and O–H groups in total. The highest BCUT2D eigenvalue weighted by molar-refractivity contribution is 5.94. The summed E-state index contributed by atoms with van der Waals surface area (Å²) in [6.07, 6.45) is 0.539. The summed E-state index contributed by atoms with van der Waals surface area (Å²) in [5.74, 6) is -0.206. The van der Waals surface area contributed by atoms with E-state index in [-0.39, 0.29) is 11.7 Å². The fraction of sp³-hybridized carbons (Fsp3) is 0.316. The van der Waals surface area contributed by atoms with Crippen molar-refractivity contribution in [3.05, 3.63) is 65.2 Å². The number of carbonyl (C=O) groups is 1. The minimum Gasteiger partial charge on any atom is -0.434 e. The molecule has 0 radical (unpaired) electrons. The standard InChI is InChI=1S/C19H21F2NO3/c1-3-16(15-6-4-5-7-17(15)25-19(20)21)22-18(23)14-10-8-13(9-11-14)12-24-2/h4-11,16,19H,3,12H2,1-2H3,(H,22,23)/t16-/m0/s1. The highest BCUT2D eigenvalue weighted by Gasteiger charge is 2.19. The summed E-state index contributed by atoms with van der Waals surface area (Å²) < 4.78 is 34.7. The van der Waals surface area contributed by atoms with Crippen molar-refractivity contribution < 1.29 is 23.0 Å². The van der Waals surface area contributed by atoms with Gasteiger partial charge in [-0.15, -0.1) is 0 Å². The number of carbonyl (C=O) groups excluding carboxylic acids is 1. The van der Waals surface area contributed by atoms with Crippen LogP contribution < -0.4 is 10.1 Å². The van der Waals surface area contributed by atoms with Crippen molar-refractivity contribution in [3.63, 3.8) is 0 Å². The molecule has 0 spiro atoms. The Morgan fingerprint density at radius 2 is 1.80 bits per heavy atom. The lowest BCUT2D eigenvalue weighted by molar-refractivity contribution is -0.0506. The van der Waals surface area contributed by atoms with Crippen molar-refractivity contribution >= 4 is 5.91 Å². The number of ether oxygens (including phenoxy) is 2. The lowest BCUT2D eigenvalue weighted by atomic mass is 10.0. The van der Waals surface area contributed by atoms with Crippen molar-refractivity contribution in [2.75, 3.05) is 7.11 Å². The number of nitrogens with one attached hydrogen (secondary N) is 1. The number of hydrogen-bond donors (Lipinski definition) is 1. The predicted octanol–water partition coefficient (Wildman–Crippen LogP) is 4.32. The fourth-order valence-corrected chi connectivity index (χ4v) is 2.53. The molecule has 0 aliphatic carbocycles. The third-order valence-electron chi connectivity index (χ3n) is 3.75. The molecule has 0 bridgehead atoms. The van der Waals surface area contributed by atoms with Crippen LogP contribution in [0, 0.1) is 0 Å². The van der Waals surface area contributed by atoms with E-state index in [2.05, 4.69) is 10.1 Å². The van der Waals surface area contributed by atoms with Gasteiger partial charge in [-0.25, -0.2) is 0 Å². The van der Waals surface area contributed by atoms with Gasteiger partial charge in [-0.05, 0) is 30.2 Å². The molecule has 1 amide bonds. The maximum Gasteiger partial charge on any atom is 0.387 e. The number of halogens is 2. The van der Waals surface area contributed by atoms with E-state index in [9.17, 15) is 13.6 Å². The van der Waals surface area contributed by atoms with Crippen molar-refractivity contribution in [3.8, 4) is 5.75 Å². The van der Waals surface area contributed by atoms with Gasteiger partial charge in [0, 0.05) is 18.2 Å². The summed E-state index contributed by atoms with van der Waals surface area (Å²) in [4.78, 5) is 12.5. The molecule has 0 aliphatic rings. The van der Waals surface area contributed by atoms with Crippen LogP contribution in [0.25, 0.3) is 0 Å². The van der Waals surface area contributed by atoms with Crippen molar-refractivity contribution in [2.24, 2.45) is 0 Å². The molecule has 134 valence electrons. The van der Waals surface area contributed by atoms with Crippen molar-refractivity contribution in [2.45, 2.75) is 32.6 Å². The lowest BCUT2D eigenvalue weighted by Crippen LogP contribution is -2.28. The minimum absolute atomic E-state index is 0.0695. The second kappa shape index (κ2) is 9.13. The molecular weight excluding hydrogens is 328 g/mol. The van der Waals surface area contributed by atoms with Crippen LogP contribution in [0.1, 0.15) is 40.9 Å². The third-order valence-corrected chi connectivity index (χ3v) is 3.75. The van der Waals surface area contributed by atoms with Crippen LogP contribution in [0.5, 0.6) is 5.75 Å². The Kier molecular flexibility index (Phi) is 6.89. The van der Waals surface area contributed by atoms with Crippen LogP contribution in [-0.4, -0.2) is 19.6 Å². The zero-order valence-corrected chi connectivity index (χ0v) is 14.2. The van der Waals surface area contributed by atoms with Crippen LogP contribution in [-0.2, 0) is 11.3 Å². The van der Waals surface area contributed by atoms with Gasteiger partial charge < -0.3 is 14.8 Å². The highest BCUT2D eigenvalue weighted by atomic mass is 19.3. The molecule has 25 heavy (non-hydrogen) atoms. The van der Waals surface area contributed by atoms with Crippen LogP contribution in [0.4, 0.5) is 8.78 Å². The van der Waals surface area contributed by atoms with E-state index in [1.165, 1.54) is 6.07 Å². The topological polar surface area (TPSA) is 47.6 Å². The van der Waals surface area contributed by atoms with Crippen LogP contribution in [0.15, 0.2) is 48.5 Å². The van der Waals surface area contributed by atoms with Gasteiger partial charge in [-0.1, -0.05) is 37.3 Å². The van der Waals surface area contributed by atoms with E-state index in [0.29, 0.717) is 24.2 Å². The molecule has 2 aromatic carbocycles. The van der Waals surface area contributed by atoms with Crippen molar-refractivity contribution in [1.82, 2.24) is 5.32 Å². The molecular formula is C19H21F2NO3. The quantitative estimate of drug-likeness (QED) is 0.772. The number of rotatable bonds is 8. The van der Waals surface area contributed by atoms with E-state index in [1.54, 1.807) is 37.4 Å². The summed E-state index contributed by atoms with van der Waals surface area (Å²) >= 11 is 0. The van der Waals surface area contributed by atoms with Gasteiger partial charge in [0.05, 0.1) is 12.6 Å². The van der Waals surface area contributed by atoms with E-state index >= 15 is 0 Å². The number of hydrogen-bond acceptors (Lipinski definition) is 3. The Hall–Kier alpha value is -2.47. The number of amides is 1. The first kappa shape index (κ1) is 18.9. The van der Waals surface area contributed by atoms with E-state index in [0.717, 1.165) is 5.56 Å². The third kappa shape index (κ3) is 5.26. The Morgan fingerprint density at radius 3 is 2.40 bits per heavy atom. The number of alkyl halides is 2. The van der Waals surface area contributed by atoms with Gasteiger partial charge in [-0.3, -0.25) is 4.79 Å². The molecule has 0 unspecified atom stereocenters. The molecule has 0 fully saturated rings. The molecule has 0 aromatic heterocycles. The molecule has 0 heterocycles. The number of para-hydroxylation sites is 1. The van der Waals surface area contributed by atoms with E-state index in [4.69, 9.17) is 4.74 Å². The van der Waals surface area contributed by atoms with E-state index < -0.39 is 12.7 Å². The first-order valence-electron chi connectivity index (χ1n) is 7.97. The lowest BCUT2D eigenvalue weighted by Gasteiger charge is -2.20. The van der Waals surface area contributed by atoms with Gasteiger partial charge in [0.1, 0.15) is 5.75 Å². The normalized spacial score (nSPS) is 12.0. The largest absolute Gasteiger partial charge is 0.434 e. The molecule has 0 saturated heterocycles. The first-order valence-corrected chi connectivity index (χ1v) is 7.97. The van der Waals surface area contributed by atoms with Crippen molar-refractivity contribution in [1.29, 1.82) is 0 Å². The average molecular weight is 349 g/mol. The molecule has 2 rings (SSSR count). The molecule has 1 atom stereocenters. The summed E-state index contributed by atoms with van der Waals surface area (Å²) in [5.41, 5.74) is 1.97. The molecule has 6 heteroatoms. The fourth-order valence-electron chi connectivity index (χ4n) is 2.53. The summed E-state index contributed by atoms with van der Waals surface area (Å²) in [5, 5.41) is 2.87. The van der Waals surface area contributed by atoms with Crippen LogP contribution in [0.2, 0.25) is 0 Å². The highest BCUT2D eigenvalue weighted by Crippen LogP contribution is 2.28. The molecule has 2 aromatic rings. The smallest absolute Gasteiger partial charge is 0.387 e. The maximum atomic E-state index is 12.6. The van der Waals surface area contributed by atoms with E-state index in [1.807, 2.05) is 19.1 Å². The molecule has 0 saturated carbocycles. The summed E-state index contributed by atoms with van der Waals surface area (Å²) in [6.45, 7) is -0.577. The van der Waals surface area contributed by atoms with Crippen LogP contribution >= 0.6 is 0 Å². The Balaban J connectivity index is 2.15. The predicted molar refractivity (Wildman–Crippen MR) is 90.7 cm³/mol. The number of methoxy groups -OCH3 is 1. The average Bonchev–Trinajstić information content (AvgIpc) is 2.60. The maximum absolute atomic E-state index is 12.6. The molecule has 4 nitrogen and oxygen atoms in total. The van der Waals surface area contributed by atoms with Gasteiger partial charge in [0.2, 0.25) is 0 Å². The van der Waals surface area contributed by atoms with Gasteiger partial charge in [0.15, 0.2) is 0 Å². The van der Waals surface area contributed by atoms with Gasteiger partial charge >= 0.3 is 6.61 Å². The second-order valence-electron chi connectivity index (χ2n) is 5.48. The molecule has 0 aliphatic heterocycles. The summed E-state index contributed by atoms with van der Waals surface area (Å²) in [6, 6.07) is 13.1.